The molecule has 0 radical (unpaired) electrons. The number of carbonyl (C=O) groups excluding carboxylic acids is 1. The number of hydrogen-bond acceptors (Lipinski definition) is 3. The van der Waals surface area contributed by atoms with Crippen LogP contribution in [0, 0.1) is 19.3 Å². The van der Waals surface area contributed by atoms with Crippen molar-refractivity contribution in [1.29, 1.82) is 0 Å². The van der Waals surface area contributed by atoms with Crippen LogP contribution in [0.5, 0.6) is 5.75 Å². The third kappa shape index (κ3) is 7.86. The summed E-state index contributed by atoms with van der Waals surface area (Å²) in [4.78, 5) is 12.4. The minimum atomic E-state index is -0.485. The molecule has 0 atom stereocenters. The highest BCUT2D eigenvalue weighted by Gasteiger charge is 2.27. The number of hydrogen-bond donors (Lipinski definition) is 2. The van der Waals surface area contributed by atoms with Gasteiger partial charge < -0.3 is 15.4 Å². The molecule has 0 aliphatic carbocycles. The van der Waals surface area contributed by atoms with E-state index in [1.54, 1.807) is 0 Å². The van der Waals surface area contributed by atoms with Crippen LogP contribution in [0.1, 0.15) is 57.6 Å². The molecule has 140 valence electrons. The predicted octanol–water partition coefficient (Wildman–Crippen LogP) is 4.28. The van der Waals surface area contributed by atoms with Crippen molar-refractivity contribution in [3.8, 4) is 5.75 Å². The van der Waals surface area contributed by atoms with Crippen molar-refractivity contribution >= 4 is 23.2 Å². The highest BCUT2D eigenvalue weighted by atomic mass is 32.1. The number of amides is 1. The minimum absolute atomic E-state index is 0.0479. The van der Waals surface area contributed by atoms with E-state index in [9.17, 15) is 4.79 Å². The van der Waals surface area contributed by atoms with Gasteiger partial charge in [-0.05, 0) is 62.5 Å². The molecule has 1 aromatic rings. The summed E-state index contributed by atoms with van der Waals surface area (Å²) in [5.41, 5.74) is 1.83. The maximum atomic E-state index is 12.4. The summed E-state index contributed by atoms with van der Waals surface area (Å²) in [6.45, 7) is 11.5. The first kappa shape index (κ1) is 21.4. The van der Waals surface area contributed by atoms with Gasteiger partial charge in [-0.3, -0.25) is 4.79 Å². The molecule has 0 saturated heterocycles. The van der Waals surface area contributed by atoms with Gasteiger partial charge in [-0.2, -0.15) is 0 Å². The lowest BCUT2D eigenvalue weighted by atomic mass is 9.87. The SMILES string of the molecule is CCCCNC(=S)NC(=O)C(C)(C)CCCOc1cc(C)ccc1C. The Balaban J connectivity index is 2.37. The second kappa shape index (κ2) is 10.4. The van der Waals surface area contributed by atoms with E-state index < -0.39 is 5.41 Å². The van der Waals surface area contributed by atoms with E-state index >= 15 is 0 Å². The maximum absolute atomic E-state index is 12.4. The number of carbonyl (C=O) groups is 1. The van der Waals surface area contributed by atoms with Gasteiger partial charge in [-0.25, -0.2) is 0 Å². The molecule has 1 rings (SSSR count). The van der Waals surface area contributed by atoms with Crippen molar-refractivity contribution < 1.29 is 9.53 Å². The summed E-state index contributed by atoms with van der Waals surface area (Å²) >= 11 is 5.17. The average molecular weight is 365 g/mol. The van der Waals surface area contributed by atoms with E-state index in [1.807, 2.05) is 26.8 Å². The number of rotatable bonds is 9. The number of ether oxygens (including phenoxy) is 1. The van der Waals surface area contributed by atoms with Crippen LogP contribution in [-0.2, 0) is 4.79 Å². The van der Waals surface area contributed by atoms with Crippen LogP contribution in [0.25, 0.3) is 0 Å². The first-order valence-corrected chi connectivity index (χ1v) is 9.46. The Morgan fingerprint density at radius 1 is 1.24 bits per heavy atom. The number of benzene rings is 1. The molecule has 1 aromatic carbocycles. The van der Waals surface area contributed by atoms with Gasteiger partial charge in [0.15, 0.2) is 5.11 Å². The molecule has 0 unspecified atom stereocenters. The van der Waals surface area contributed by atoms with Gasteiger partial charge in [-0.1, -0.05) is 39.3 Å². The molecule has 25 heavy (non-hydrogen) atoms. The molecule has 0 bridgehead atoms. The fourth-order valence-electron chi connectivity index (χ4n) is 2.37. The van der Waals surface area contributed by atoms with Crippen LogP contribution < -0.4 is 15.4 Å². The molecule has 0 saturated carbocycles. The second-order valence-electron chi connectivity index (χ2n) is 7.17. The van der Waals surface area contributed by atoms with Crippen LogP contribution in [-0.4, -0.2) is 24.2 Å². The Morgan fingerprint density at radius 2 is 1.96 bits per heavy atom. The van der Waals surface area contributed by atoms with E-state index in [1.165, 1.54) is 5.56 Å². The fraction of sp³-hybridized carbons (Fsp3) is 0.600. The van der Waals surface area contributed by atoms with Crippen LogP contribution in [0.15, 0.2) is 18.2 Å². The topological polar surface area (TPSA) is 50.4 Å². The minimum Gasteiger partial charge on any atom is -0.493 e. The standard InChI is InChI=1S/C20H32N2O2S/c1-6-7-12-21-19(25)22-18(23)20(4,5)11-8-13-24-17-14-15(2)9-10-16(17)3/h9-10,14H,6-8,11-13H2,1-5H3,(H2,21,22,23,25). The number of thiocarbonyl (C=S) groups is 1. The highest BCUT2D eigenvalue weighted by molar-refractivity contribution is 7.80. The predicted molar refractivity (Wildman–Crippen MR) is 108 cm³/mol. The molecular formula is C20H32N2O2S. The Morgan fingerprint density at radius 3 is 2.64 bits per heavy atom. The van der Waals surface area contributed by atoms with Gasteiger partial charge in [-0.15, -0.1) is 0 Å². The highest BCUT2D eigenvalue weighted by Crippen LogP contribution is 2.24. The number of nitrogens with one attached hydrogen (secondary N) is 2. The fourth-order valence-corrected chi connectivity index (χ4v) is 2.56. The molecule has 0 spiro atoms. The average Bonchev–Trinajstić information content (AvgIpc) is 2.54. The molecule has 0 heterocycles. The summed E-state index contributed by atoms with van der Waals surface area (Å²) in [7, 11) is 0. The summed E-state index contributed by atoms with van der Waals surface area (Å²) in [6, 6.07) is 6.19. The van der Waals surface area contributed by atoms with E-state index in [2.05, 4.69) is 36.6 Å². The smallest absolute Gasteiger partial charge is 0.231 e. The summed E-state index contributed by atoms with van der Waals surface area (Å²) in [6.07, 6.45) is 3.68. The van der Waals surface area contributed by atoms with Crippen molar-refractivity contribution in [3.05, 3.63) is 29.3 Å². The molecule has 0 aromatic heterocycles. The van der Waals surface area contributed by atoms with Crippen LogP contribution >= 0.6 is 12.2 Å². The van der Waals surface area contributed by atoms with Gasteiger partial charge in [0.25, 0.3) is 0 Å². The van der Waals surface area contributed by atoms with Gasteiger partial charge in [0, 0.05) is 12.0 Å². The maximum Gasteiger partial charge on any atom is 0.231 e. The molecule has 4 nitrogen and oxygen atoms in total. The van der Waals surface area contributed by atoms with Gasteiger partial charge >= 0.3 is 0 Å². The molecule has 1 amide bonds. The van der Waals surface area contributed by atoms with E-state index in [4.69, 9.17) is 17.0 Å². The monoisotopic (exact) mass is 364 g/mol. The van der Waals surface area contributed by atoms with Gasteiger partial charge in [0.05, 0.1) is 6.61 Å². The summed E-state index contributed by atoms with van der Waals surface area (Å²) < 4.78 is 5.87. The molecule has 0 fully saturated rings. The van der Waals surface area contributed by atoms with E-state index in [-0.39, 0.29) is 5.91 Å². The lowest BCUT2D eigenvalue weighted by Crippen LogP contribution is -2.45. The number of unbranched alkanes of at least 4 members (excludes halogenated alkanes) is 1. The molecule has 5 heteroatoms. The first-order chi connectivity index (χ1) is 11.8. The van der Waals surface area contributed by atoms with Crippen molar-refractivity contribution in [2.24, 2.45) is 5.41 Å². The zero-order valence-electron chi connectivity index (χ0n) is 16.2. The summed E-state index contributed by atoms with van der Waals surface area (Å²) in [5.74, 6) is 0.872. The number of aryl methyl sites for hydroxylation is 2. The Kier molecular flexibility index (Phi) is 8.90. The van der Waals surface area contributed by atoms with Crippen LogP contribution in [0.4, 0.5) is 0 Å². The third-order valence-corrected chi connectivity index (χ3v) is 4.45. The van der Waals surface area contributed by atoms with Crippen molar-refractivity contribution in [2.75, 3.05) is 13.2 Å². The van der Waals surface area contributed by atoms with Gasteiger partial charge in [0.2, 0.25) is 5.91 Å². The zero-order chi connectivity index (χ0) is 18.9. The lowest BCUT2D eigenvalue weighted by Gasteiger charge is -2.24. The van der Waals surface area contributed by atoms with E-state index in [0.717, 1.165) is 43.5 Å². The third-order valence-electron chi connectivity index (χ3n) is 4.20. The van der Waals surface area contributed by atoms with E-state index in [0.29, 0.717) is 11.7 Å². The molecular weight excluding hydrogens is 332 g/mol. The van der Waals surface area contributed by atoms with Crippen molar-refractivity contribution in [3.63, 3.8) is 0 Å². The normalized spacial score (nSPS) is 11.1. The zero-order valence-corrected chi connectivity index (χ0v) is 17.0. The summed E-state index contributed by atoms with van der Waals surface area (Å²) in [5, 5.41) is 6.27. The largest absolute Gasteiger partial charge is 0.493 e. The molecule has 2 N–H and O–H groups in total. The lowest BCUT2D eigenvalue weighted by molar-refractivity contribution is -0.128. The van der Waals surface area contributed by atoms with Crippen molar-refractivity contribution in [2.45, 2.75) is 60.3 Å². The van der Waals surface area contributed by atoms with Gasteiger partial charge in [0.1, 0.15) is 5.75 Å². The van der Waals surface area contributed by atoms with Crippen LogP contribution in [0.2, 0.25) is 0 Å². The first-order valence-electron chi connectivity index (χ1n) is 9.05. The Bertz CT molecular complexity index is 585. The van der Waals surface area contributed by atoms with Crippen molar-refractivity contribution in [1.82, 2.24) is 10.6 Å². The Hall–Kier alpha value is -1.62. The molecule has 0 aliphatic heterocycles. The quantitative estimate of drug-likeness (QED) is 0.507. The second-order valence-corrected chi connectivity index (χ2v) is 7.58. The Labute approximate surface area is 157 Å². The van der Waals surface area contributed by atoms with Crippen LogP contribution in [0.3, 0.4) is 0 Å². The molecule has 0 aliphatic rings.